The molecule has 3 rings (SSSR count). The lowest BCUT2D eigenvalue weighted by Gasteiger charge is -2.41. The van der Waals surface area contributed by atoms with Crippen molar-refractivity contribution in [3.63, 3.8) is 0 Å². The molecule has 2 unspecified atom stereocenters. The quantitative estimate of drug-likeness (QED) is 0.865. The summed E-state index contributed by atoms with van der Waals surface area (Å²) in [6.45, 7) is 4.94. The van der Waals surface area contributed by atoms with E-state index in [1.807, 2.05) is 13.8 Å². The molecule has 0 bridgehead atoms. The fraction of sp³-hybridized carbons (Fsp3) is 0.571. The first-order valence-electron chi connectivity index (χ1n) is 6.86. The smallest absolute Gasteiger partial charge is 0.274 e. The second-order valence-electron chi connectivity index (χ2n) is 5.78. The molecule has 7 heteroatoms. The van der Waals surface area contributed by atoms with Gasteiger partial charge in [0.25, 0.3) is 5.91 Å². The molecule has 1 aromatic rings. The summed E-state index contributed by atoms with van der Waals surface area (Å²) in [5.41, 5.74) is -0.110. The number of hydrogen-bond donors (Lipinski definition) is 1. The van der Waals surface area contributed by atoms with Crippen molar-refractivity contribution in [2.24, 2.45) is 0 Å². The third-order valence-corrected chi connectivity index (χ3v) is 5.17. The van der Waals surface area contributed by atoms with E-state index < -0.39 is 17.1 Å². The highest BCUT2D eigenvalue weighted by Crippen LogP contribution is 2.46. The van der Waals surface area contributed by atoms with Crippen LogP contribution in [0.25, 0.3) is 0 Å². The minimum atomic E-state index is -0.772. The van der Waals surface area contributed by atoms with Crippen LogP contribution in [0.2, 0.25) is 0 Å². The van der Waals surface area contributed by atoms with Crippen LogP contribution in [0, 0.1) is 0 Å². The first-order valence-corrected chi connectivity index (χ1v) is 7.65. The van der Waals surface area contributed by atoms with E-state index in [0.29, 0.717) is 25.2 Å². The third kappa shape index (κ3) is 1.73. The van der Waals surface area contributed by atoms with E-state index in [0.717, 1.165) is 0 Å². The second-order valence-corrected chi connectivity index (χ2v) is 6.57. The molecule has 3 heterocycles. The van der Waals surface area contributed by atoms with Gasteiger partial charge in [0.1, 0.15) is 0 Å². The van der Waals surface area contributed by atoms with E-state index in [2.05, 4.69) is 15.9 Å². The number of nitrogens with zero attached hydrogens (tertiary/aromatic N) is 2. The van der Waals surface area contributed by atoms with Crippen molar-refractivity contribution in [3.8, 4) is 5.75 Å². The molecule has 0 aliphatic carbocycles. The van der Waals surface area contributed by atoms with Gasteiger partial charge in [-0.15, -0.1) is 0 Å². The highest BCUT2D eigenvalue weighted by atomic mass is 79.9. The van der Waals surface area contributed by atoms with E-state index in [-0.39, 0.29) is 21.8 Å². The Morgan fingerprint density at radius 1 is 1.48 bits per heavy atom. The number of pyridine rings is 1. The molecule has 0 saturated carbocycles. The zero-order valence-corrected chi connectivity index (χ0v) is 13.7. The largest absolute Gasteiger partial charge is 0.491 e. The molecule has 1 N–H and O–H groups in total. The van der Waals surface area contributed by atoms with E-state index in [4.69, 9.17) is 4.74 Å². The Morgan fingerprint density at radius 3 is 2.71 bits per heavy atom. The maximum absolute atomic E-state index is 12.7. The SMILES string of the molecule is CCN1CC2(C)CC(O)c3c(Br)c(=O)c(OC)c(n32)C1=O. The summed E-state index contributed by atoms with van der Waals surface area (Å²) in [6.07, 6.45) is -0.305. The van der Waals surface area contributed by atoms with E-state index in [9.17, 15) is 14.7 Å². The molecular formula is C14H17BrN2O4. The summed E-state index contributed by atoms with van der Waals surface area (Å²) in [7, 11) is 1.38. The Balaban J connectivity index is 2.44. The zero-order chi connectivity index (χ0) is 15.5. The summed E-state index contributed by atoms with van der Waals surface area (Å²) in [5, 5.41) is 10.4. The number of likely N-dealkylation sites (N-methyl/N-ethyl adjacent to an activating group) is 1. The number of rotatable bonds is 2. The van der Waals surface area contributed by atoms with Gasteiger partial charge in [0.2, 0.25) is 5.43 Å². The van der Waals surface area contributed by atoms with Gasteiger partial charge >= 0.3 is 0 Å². The fourth-order valence-electron chi connectivity index (χ4n) is 3.51. The molecule has 2 atom stereocenters. The van der Waals surface area contributed by atoms with Crippen molar-refractivity contribution in [2.75, 3.05) is 20.2 Å². The van der Waals surface area contributed by atoms with Crippen molar-refractivity contribution in [3.05, 3.63) is 26.1 Å². The molecule has 114 valence electrons. The number of methoxy groups -OCH3 is 1. The Labute approximate surface area is 130 Å². The van der Waals surface area contributed by atoms with Crippen LogP contribution in [0.15, 0.2) is 9.27 Å². The molecule has 21 heavy (non-hydrogen) atoms. The molecule has 0 spiro atoms. The van der Waals surface area contributed by atoms with E-state index in [1.54, 1.807) is 9.47 Å². The molecule has 0 aromatic carbocycles. The van der Waals surface area contributed by atoms with Crippen molar-refractivity contribution >= 4 is 21.8 Å². The molecular weight excluding hydrogens is 340 g/mol. The average molecular weight is 357 g/mol. The van der Waals surface area contributed by atoms with Crippen LogP contribution in [0.3, 0.4) is 0 Å². The molecule has 0 fully saturated rings. The Morgan fingerprint density at radius 2 is 2.14 bits per heavy atom. The number of aromatic nitrogens is 1. The highest BCUT2D eigenvalue weighted by Gasteiger charge is 2.49. The van der Waals surface area contributed by atoms with Crippen molar-refractivity contribution < 1.29 is 14.6 Å². The predicted octanol–water partition coefficient (Wildman–Crippen LogP) is 1.25. The van der Waals surface area contributed by atoms with Crippen molar-refractivity contribution in [1.29, 1.82) is 0 Å². The first-order chi connectivity index (χ1) is 9.85. The van der Waals surface area contributed by atoms with E-state index >= 15 is 0 Å². The highest BCUT2D eigenvalue weighted by molar-refractivity contribution is 9.10. The average Bonchev–Trinajstić information content (AvgIpc) is 2.70. The minimum absolute atomic E-state index is 0.0362. The van der Waals surface area contributed by atoms with Gasteiger partial charge in [-0.3, -0.25) is 9.59 Å². The van der Waals surface area contributed by atoms with Gasteiger partial charge in [0.05, 0.1) is 28.9 Å². The van der Waals surface area contributed by atoms with Gasteiger partial charge in [-0.2, -0.15) is 0 Å². The predicted molar refractivity (Wildman–Crippen MR) is 79.8 cm³/mol. The van der Waals surface area contributed by atoms with Crippen LogP contribution in [0.5, 0.6) is 5.75 Å². The van der Waals surface area contributed by atoms with E-state index in [1.165, 1.54) is 7.11 Å². The Hall–Kier alpha value is -1.34. The lowest BCUT2D eigenvalue weighted by atomic mass is 9.94. The van der Waals surface area contributed by atoms with Gasteiger partial charge < -0.3 is 19.3 Å². The monoisotopic (exact) mass is 356 g/mol. The maximum Gasteiger partial charge on any atom is 0.274 e. The van der Waals surface area contributed by atoms with Crippen LogP contribution in [-0.2, 0) is 5.54 Å². The molecule has 1 aromatic heterocycles. The molecule has 2 aliphatic heterocycles. The number of amides is 1. The first kappa shape index (κ1) is 14.6. The van der Waals surface area contributed by atoms with Gasteiger partial charge in [-0.1, -0.05) is 0 Å². The lowest BCUT2D eigenvalue weighted by Crippen LogP contribution is -2.52. The number of aliphatic hydroxyl groups is 1. The van der Waals surface area contributed by atoms with Crippen LogP contribution in [0.4, 0.5) is 0 Å². The van der Waals surface area contributed by atoms with Crippen LogP contribution >= 0.6 is 15.9 Å². The molecule has 0 radical (unpaired) electrons. The third-order valence-electron chi connectivity index (χ3n) is 4.41. The number of aliphatic hydroxyl groups excluding tert-OH is 1. The van der Waals surface area contributed by atoms with Gasteiger partial charge in [0, 0.05) is 19.5 Å². The van der Waals surface area contributed by atoms with Gasteiger partial charge in [-0.05, 0) is 29.8 Å². The summed E-state index contributed by atoms with van der Waals surface area (Å²) in [6, 6.07) is 0. The normalized spacial score (nSPS) is 27.0. The number of carbonyl (C=O) groups is 1. The number of hydrogen-bond acceptors (Lipinski definition) is 4. The summed E-state index contributed by atoms with van der Waals surface area (Å²) in [4.78, 5) is 26.7. The number of carbonyl (C=O) groups excluding carboxylic acids is 1. The van der Waals surface area contributed by atoms with Crippen molar-refractivity contribution in [1.82, 2.24) is 9.47 Å². The minimum Gasteiger partial charge on any atom is -0.491 e. The van der Waals surface area contributed by atoms with Crippen LogP contribution in [0.1, 0.15) is 42.6 Å². The zero-order valence-electron chi connectivity index (χ0n) is 12.1. The Bertz CT molecular complexity index is 699. The standard InChI is InChI=1S/C14H17BrN2O4/c1-4-16-6-14(2)5-7(18)9-8(15)11(19)12(21-3)10(13(16)20)17(9)14/h7,18H,4-6H2,1-3H3. The number of ether oxygens (including phenoxy) is 1. The summed E-state index contributed by atoms with van der Waals surface area (Å²) in [5.74, 6) is -0.194. The topological polar surface area (TPSA) is 71.8 Å². The second kappa shape index (κ2) is 4.58. The van der Waals surface area contributed by atoms with Crippen molar-refractivity contribution in [2.45, 2.75) is 31.9 Å². The molecule has 2 aliphatic rings. The Kier molecular flexibility index (Phi) is 3.18. The summed E-state index contributed by atoms with van der Waals surface area (Å²) < 4.78 is 7.27. The van der Waals surface area contributed by atoms with Gasteiger partial charge in [-0.25, -0.2) is 0 Å². The van der Waals surface area contributed by atoms with Gasteiger partial charge in [0.15, 0.2) is 11.4 Å². The summed E-state index contributed by atoms with van der Waals surface area (Å²) >= 11 is 3.26. The lowest BCUT2D eigenvalue weighted by molar-refractivity contribution is 0.0559. The maximum atomic E-state index is 12.7. The van der Waals surface area contributed by atoms with Crippen LogP contribution < -0.4 is 10.2 Å². The molecule has 1 amide bonds. The fourth-order valence-corrected chi connectivity index (χ4v) is 4.13. The van der Waals surface area contributed by atoms with Crippen LogP contribution in [-0.4, -0.2) is 40.7 Å². The molecule has 0 saturated heterocycles. The number of halogens is 1. The molecule has 6 nitrogen and oxygen atoms in total.